The Morgan fingerprint density at radius 3 is 2.00 bits per heavy atom. The summed E-state index contributed by atoms with van der Waals surface area (Å²) in [5.41, 5.74) is 0. The molecule has 112 valence electrons. The summed E-state index contributed by atoms with van der Waals surface area (Å²) in [4.78, 5) is 7.38. The van der Waals surface area contributed by atoms with Crippen molar-refractivity contribution in [3.63, 3.8) is 0 Å². The third kappa shape index (κ3) is 3.69. The summed E-state index contributed by atoms with van der Waals surface area (Å²) in [5.74, 6) is -0.105. The highest BCUT2D eigenvalue weighted by molar-refractivity contribution is 7.92. The normalized spacial score (nSPS) is 12.1. The average molecular weight is 348 g/mol. The summed E-state index contributed by atoms with van der Waals surface area (Å²) in [6, 6.07) is 4.79. The van der Waals surface area contributed by atoms with E-state index in [2.05, 4.69) is 14.7 Å². The van der Waals surface area contributed by atoms with E-state index >= 15 is 0 Å². The number of anilines is 1. The van der Waals surface area contributed by atoms with Crippen LogP contribution in [0.5, 0.6) is 0 Å². The Hall–Kier alpha value is -1.71. The van der Waals surface area contributed by atoms with Crippen LogP contribution in [0.25, 0.3) is 0 Å². The van der Waals surface area contributed by atoms with Crippen LogP contribution in [0.15, 0.2) is 46.5 Å². The smallest absolute Gasteiger partial charge is 0.261 e. The summed E-state index contributed by atoms with van der Waals surface area (Å²) in [6.07, 6.45) is 3.64. The highest BCUT2D eigenvalue weighted by atomic mass is 35.5. The van der Waals surface area contributed by atoms with Crippen molar-refractivity contribution in [1.29, 1.82) is 0 Å². The molecule has 1 aromatic carbocycles. The molecule has 0 atom stereocenters. The van der Waals surface area contributed by atoms with Crippen molar-refractivity contribution in [2.24, 2.45) is 0 Å². The number of sulfonamides is 1. The maximum Gasteiger partial charge on any atom is 0.263 e. The Labute approximate surface area is 127 Å². The first-order valence-electron chi connectivity index (χ1n) is 5.49. The van der Waals surface area contributed by atoms with Crippen LogP contribution in [0.2, 0.25) is 5.15 Å². The zero-order valence-corrected chi connectivity index (χ0v) is 13.1. The monoisotopic (exact) mass is 347 g/mol. The number of halogens is 1. The van der Waals surface area contributed by atoms with Gasteiger partial charge in [0.2, 0.25) is 0 Å². The number of nitrogens with zero attached hydrogens (tertiary/aromatic N) is 2. The van der Waals surface area contributed by atoms with Gasteiger partial charge in [0.15, 0.2) is 20.8 Å². The van der Waals surface area contributed by atoms with Crippen LogP contribution in [0.4, 0.5) is 5.82 Å². The first-order chi connectivity index (χ1) is 9.70. The highest BCUT2D eigenvalue weighted by Crippen LogP contribution is 2.20. The molecule has 0 spiro atoms. The number of benzene rings is 1. The third-order valence-electron chi connectivity index (χ3n) is 2.45. The fraction of sp³-hybridized carbons (Fsp3) is 0.0909. The van der Waals surface area contributed by atoms with Gasteiger partial charge in [-0.05, 0) is 24.3 Å². The summed E-state index contributed by atoms with van der Waals surface area (Å²) in [7, 11) is -7.32. The van der Waals surface area contributed by atoms with Crippen LogP contribution < -0.4 is 4.72 Å². The van der Waals surface area contributed by atoms with E-state index in [-0.39, 0.29) is 20.8 Å². The molecule has 1 heterocycles. The molecule has 0 saturated heterocycles. The van der Waals surface area contributed by atoms with E-state index in [1.54, 1.807) is 0 Å². The van der Waals surface area contributed by atoms with Gasteiger partial charge in [-0.3, -0.25) is 4.72 Å². The molecule has 1 N–H and O–H groups in total. The van der Waals surface area contributed by atoms with Gasteiger partial charge >= 0.3 is 0 Å². The van der Waals surface area contributed by atoms with Crippen LogP contribution in [-0.2, 0) is 19.9 Å². The SMILES string of the molecule is CS(=O)(=O)c1ccc(S(=O)(=O)Nc2nccnc2Cl)cc1. The number of sulfone groups is 1. The number of rotatable bonds is 4. The molecule has 0 fully saturated rings. The van der Waals surface area contributed by atoms with Gasteiger partial charge in [-0.15, -0.1) is 0 Å². The zero-order chi connectivity index (χ0) is 15.7. The minimum atomic E-state index is -3.93. The molecule has 7 nitrogen and oxygen atoms in total. The molecule has 10 heteroatoms. The third-order valence-corrected chi connectivity index (χ3v) is 5.21. The van der Waals surface area contributed by atoms with E-state index in [9.17, 15) is 16.8 Å². The van der Waals surface area contributed by atoms with Gasteiger partial charge in [-0.25, -0.2) is 26.8 Å². The Morgan fingerprint density at radius 2 is 1.48 bits per heavy atom. The van der Waals surface area contributed by atoms with Crippen molar-refractivity contribution < 1.29 is 16.8 Å². The predicted molar refractivity (Wildman–Crippen MR) is 77.4 cm³/mol. The lowest BCUT2D eigenvalue weighted by molar-refractivity contribution is 0.597. The van der Waals surface area contributed by atoms with Gasteiger partial charge in [-0.2, -0.15) is 0 Å². The lowest BCUT2D eigenvalue weighted by Crippen LogP contribution is -2.14. The standard InChI is InChI=1S/C11H10ClN3O4S2/c1-20(16,17)8-2-4-9(5-3-8)21(18,19)15-11-10(12)13-6-7-14-11/h2-7H,1H3,(H,14,15). The maximum absolute atomic E-state index is 12.1. The Kier molecular flexibility index (Phi) is 4.17. The van der Waals surface area contributed by atoms with E-state index in [4.69, 9.17) is 11.6 Å². The van der Waals surface area contributed by atoms with Crippen molar-refractivity contribution >= 4 is 37.3 Å². The number of nitrogens with one attached hydrogen (secondary N) is 1. The topological polar surface area (TPSA) is 106 Å². The van der Waals surface area contributed by atoms with Crippen molar-refractivity contribution in [2.45, 2.75) is 9.79 Å². The first-order valence-corrected chi connectivity index (χ1v) is 9.25. The molecule has 0 unspecified atom stereocenters. The highest BCUT2D eigenvalue weighted by Gasteiger charge is 2.18. The molecule has 0 radical (unpaired) electrons. The molecule has 1 aromatic heterocycles. The van der Waals surface area contributed by atoms with Crippen molar-refractivity contribution in [2.75, 3.05) is 11.0 Å². The van der Waals surface area contributed by atoms with E-state index in [1.165, 1.54) is 36.7 Å². The summed E-state index contributed by atoms with van der Waals surface area (Å²) < 4.78 is 49.1. The van der Waals surface area contributed by atoms with Crippen LogP contribution in [0.3, 0.4) is 0 Å². The zero-order valence-electron chi connectivity index (χ0n) is 10.7. The lowest BCUT2D eigenvalue weighted by atomic mass is 10.4. The second-order valence-electron chi connectivity index (χ2n) is 4.04. The Bertz CT molecular complexity index is 865. The summed E-state index contributed by atoms with van der Waals surface area (Å²) in [6.45, 7) is 0. The van der Waals surface area contributed by atoms with Gasteiger partial charge in [0.1, 0.15) is 0 Å². The van der Waals surface area contributed by atoms with Crippen molar-refractivity contribution in [3.05, 3.63) is 41.8 Å². The maximum atomic E-state index is 12.1. The second-order valence-corrected chi connectivity index (χ2v) is 8.10. The van der Waals surface area contributed by atoms with Crippen LogP contribution in [0, 0.1) is 0 Å². The fourth-order valence-corrected chi connectivity index (χ4v) is 3.30. The molecule has 0 saturated carbocycles. The lowest BCUT2D eigenvalue weighted by Gasteiger charge is -2.08. The molecule has 0 aliphatic carbocycles. The first kappa shape index (κ1) is 15.7. The predicted octanol–water partition coefficient (Wildman–Crippen LogP) is 1.33. The minimum absolute atomic E-state index is 0.0268. The quantitative estimate of drug-likeness (QED) is 0.894. The van der Waals surface area contributed by atoms with E-state index < -0.39 is 19.9 Å². The number of hydrogen-bond donors (Lipinski definition) is 1. The molecule has 0 aliphatic rings. The number of aromatic nitrogens is 2. The average Bonchev–Trinajstić information content (AvgIpc) is 2.40. The molecule has 2 aromatic rings. The van der Waals surface area contributed by atoms with Crippen molar-refractivity contribution in [3.8, 4) is 0 Å². The minimum Gasteiger partial charge on any atom is -0.261 e. The molecule has 0 amide bonds. The molecule has 0 aliphatic heterocycles. The van der Waals surface area contributed by atoms with E-state index in [0.717, 1.165) is 6.26 Å². The van der Waals surface area contributed by atoms with Crippen LogP contribution >= 0.6 is 11.6 Å². The van der Waals surface area contributed by atoms with E-state index in [1.807, 2.05) is 0 Å². The van der Waals surface area contributed by atoms with Gasteiger partial charge in [-0.1, -0.05) is 11.6 Å². The molecule has 0 bridgehead atoms. The Morgan fingerprint density at radius 1 is 0.952 bits per heavy atom. The van der Waals surface area contributed by atoms with Gasteiger partial charge in [0.25, 0.3) is 10.0 Å². The summed E-state index contributed by atoms with van der Waals surface area (Å²) >= 11 is 5.72. The van der Waals surface area contributed by atoms with E-state index in [0.29, 0.717) is 0 Å². The van der Waals surface area contributed by atoms with Gasteiger partial charge < -0.3 is 0 Å². The summed E-state index contributed by atoms with van der Waals surface area (Å²) in [5, 5.41) is -0.0890. The Balaban J connectivity index is 2.35. The van der Waals surface area contributed by atoms with Crippen molar-refractivity contribution in [1.82, 2.24) is 9.97 Å². The second kappa shape index (κ2) is 5.58. The number of hydrogen-bond acceptors (Lipinski definition) is 6. The van der Waals surface area contributed by atoms with Crippen LogP contribution in [0.1, 0.15) is 0 Å². The van der Waals surface area contributed by atoms with Crippen LogP contribution in [-0.4, -0.2) is 33.1 Å². The largest absolute Gasteiger partial charge is 0.263 e. The fourth-order valence-electron chi connectivity index (χ4n) is 1.44. The molecular formula is C11H10ClN3O4S2. The molecule has 2 rings (SSSR count). The van der Waals surface area contributed by atoms with Gasteiger partial charge in [0.05, 0.1) is 9.79 Å². The molecule has 21 heavy (non-hydrogen) atoms. The molecular weight excluding hydrogens is 338 g/mol. The van der Waals surface area contributed by atoms with Gasteiger partial charge in [0, 0.05) is 18.6 Å².